The Morgan fingerprint density at radius 2 is 1.74 bits per heavy atom. The minimum absolute atomic E-state index is 0.0264. The van der Waals surface area contributed by atoms with Gasteiger partial charge in [0.2, 0.25) is 5.91 Å². The van der Waals surface area contributed by atoms with Crippen molar-refractivity contribution in [1.29, 1.82) is 0 Å². The first kappa shape index (κ1) is 29.2. The smallest absolute Gasteiger partial charge is 0.258 e. The first-order valence-electron chi connectivity index (χ1n) is 13.8. The summed E-state index contributed by atoms with van der Waals surface area (Å²) in [6, 6.07) is 14.5. The van der Waals surface area contributed by atoms with Crippen LogP contribution in [0, 0.1) is 0 Å². The van der Waals surface area contributed by atoms with Gasteiger partial charge in [0.05, 0.1) is 0 Å². The van der Waals surface area contributed by atoms with Crippen molar-refractivity contribution in [1.82, 2.24) is 24.6 Å². The molecule has 2 amide bonds. The van der Waals surface area contributed by atoms with E-state index in [1.165, 1.54) is 6.07 Å². The normalized spacial score (nSPS) is 14.7. The number of rotatable bonds is 9. The summed E-state index contributed by atoms with van der Waals surface area (Å²) in [5.74, 6) is -0.639. The molecule has 1 atom stereocenters. The highest BCUT2D eigenvalue weighted by atomic mass is 35.5. The lowest BCUT2D eigenvalue weighted by molar-refractivity contribution is -0.140. The summed E-state index contributed by atoms with van der Waals surface area (Å²) < 4.78 is 18.4. The van der Waals surface area contributed by atoms with Gasteiger partial charge in [0.25, 0.3) is 11.5 Å². The second kappa shape index (κ2) is 11.9. The predicted molar refractivity (Wildman–Crippen MR) is 160 cm³/mol. The summed E-state index contributed by atoms with van der Waals surface area (Å²) in [6.07, 6.45) is 4.27. The molecule has 0 bridgehead atoms. The van der Waals surface area contributed by atoms with Crippen molar-refractivity contribution in [2.45, 2.75) is 57.3 Å². The summed E-state index contributed by atoms with van der Waals surface area (Å²) >= 11 is 6.56. The molecule has 0 radical (unpaired) electrons. The zero-order valence-corrected chi connectivity index (χ0v) is 24.4. The number of aromatic nitrogens is 4. The zero-order chi connectivity index (χ0) is 30.0. The van der Waals surface area contributed by atoms with Crippen LogP contribution in [0.5, 0.6) is 0 Å². The molecule has 2 N–H and O–H groups in total. The Labute approximate surface area is 247 Å². The number of carbonyl (C=O) groups is 2. The van der Waals surface area contributed by atoms with Crippen molar-refractivity contribution >= 4 is 29.1 Å². The van der Waals surface area contributed by atoms with E-state index in [1.807, 2.05) is 33.0 Å². The van der Waals surface area contributed by atoms with Crippen molar-refractivity contribution in [3.8, 4) is 22.5 Å². The highest BCUT2D eigenvalue weighted by Crippen LogP contribution is 2.36. The Morgan fingerprint density at radius 1 is 1.05 bits per heavy atom. The summed E-state index contributed by atoms with van der Waals surface area (Å²) in [5.41, 5.74) is 1.40. The van der Waals surface area contributed by atoms with Crippen molar-refractivity contribution in [2.24, 2.45) is 7.05 Å². The fourth-order valence-electron chi connectivity index (χ4n) is 4.90. The van der Waals surface area contributed by atoms with E-state index in [4.69, 9.17) is 11.6 Å². The third-order valence-corrected chi connectivity index (χ3v) is 7.96. The topological polar surface area (TPSA) is 111 Å². The first-order valence-corrected chi connectivity index (χ1v) is 14.2. The lowest BCUT2D eigenvalue weighted by Crippen LogP contribution is -2.54. The van der Waals surface area contributed by atoms with Crippen molar-refractivity contribution < 1.29 is 14.0 Å². The number of nitrogens with one attached hydrogen (secondary N) is 2. The second-order valence-corrected chi connectivity index (χ2v) is 11.4. The number of pyridine rings is 1. The predicted octanol–water partition coefficient (Wildman–Crippen LogP) is 5.10. The van der Waals surface area contributed by atoms with Gasteiger partial charge in [-0.3, -0.25) is 14.4 Å². The summed E-state index contributed by atoms with van der Waals surface area (Å²) in [5, 5.41) is 13.8. The molecule has 0 unspecified atom stereocenters. The van der Waals surface area contributed by atoms with E-state index in [1.54, 1.807) is 58.1 Å². The number of hydrogen-bond donors (Lipinski definition) is 2. The maximum absolute atomic E-state index is 15.0. The van der Waals surface area contributed by atoms with Crippen LogP contribution >= 0.6 is 11.6 Å². The van der Waals surface area contributed by atoms with Crippen LogP contribution in [0.2, 0.25) is 5.02 Å². The molecule has 218 valence electrons. The Balaban J connectivity index is 1.40. The van der Waals surface area contributed by atoms with Crippen LogP contribution in [-0.2, 0) is 23.1 Å². The van der Waals surface area contributed by atoms with E-state index in [9.17, 15) is 18.8 Å². The highest BCUT2D eigenvalue weighted by molar-refractivity contribution is 6.31. The van der Waals surface area contributed by atoms with Crippen molar-refractivity contribution in [3.05, 3.63) is 88.1 Å². The molecule has 0 saturated heterocycles. The number of halogens is 2. The lowest BCUT2D eigenvalue weighted by atomic mass is 9.81. The highest BCUT2D eigenvalue weighted by Gasteiger charge is 2.45. The number of carbonyl (C=O) groups excluding carboxylic acids is 2. The molecular formula is C31H32ClFN6O3. The molecule has 1 fully saturated rings. The maximum atomic E-state index is 15.0. The zero-order valence-electron chi connectivity index (χ0n) is 23.6. The van der Waals surface area contributed by atoms with E-state index in [-0.39, 0.29) is 30.9 Å². The molecule has 0 aliphatic heterocycles. The van der Waals surface area contributed by atoms with E-state index in [0.29, 0.717) is 28.5 Å². The van der Waals surface area contributed by atoms with E-state index < -0.39 is 23.5 Å². The molecule has 9 nitrogen and oxygen atoms in total. The van der Waals surface area contributed by atoms with Crippen LogP contribution in [0.4, 0.5) is 10.1 Å². The minimum atomic E-state index is -1.98. The Kier molecular flexibility index (Phi) is 8.27. The van der Waals surface area contributed by atoms with E-state index in [2.05, 4.69) is 20.8 Å². The second-order valence-electron chi connectivity index (χ2n) is 10.9. The first-order chi connectivity index (χ1) is 20.0. The Hall–Kier alpha value is -4.31. The average Bonchev–Trinajstić information content (AvgIpc) is 3.38. The van der Waals surface area contributed by atoms with Gasteiger partial charge in [0.1, 0.15) is 12.4 Å². The molecule has 42 heavy (non-hydrogen) atoms. The van der Waals surface area contributed by atoms with Gasteiger partial charge in [0, 0.05) is 48.0 Å². The monoisotopic (exact) mass is 590 g/mol. The SMILES string of the molecule is CC(C)n1cc(-c2ccc(Cl)c(C[C@H](NC(=O)C3(F)CCC3)C(=O)Nc3ccc(-c4nncn4C)cc3)c2)ccc1=O. The number of nitrogens with zero attached hydrogens (tertiary/aromatic N) is 4. The quantitative estimate of drug-likeness (QED) is 0.282. The molecule has 1 saturated carbocycles. The number of aryl methyl sites for hydroxylation is 1. The summed E-state index contributed by atoms with van der Waals surface area (Å²) in [7, 11) is 1.83. The number of anilines is 1. The minimum Gasteiger partial charge on any atom is -0.341 e. The van der Waals surface area contributed by atoms with Crippen LogP contribution in [-0.4, -0.2) is 42.9 Å². The maximum Gasteiger partial charge on any atom is 0.258 e. The van der Waals surface area contributed by atoms with Gasteiger partial charge in [-0.1, -0.05) is 17.7 Å². The molecule has 2 aromatic heterocycles. The third kappa shape index (κ3) is 6.13. The van der Waals surface area contributed by atoms with Gasteiger partial charge in [-0.05, 0) is 92.3 Å². The number of alkyl halides is 1. The number of amides is 2. The van der Waals surface area contributed by atoms with Gasteiger partial charge in [0.15, 0.2) is 11.5 Å². The standard InChI is InChI=1S/C31H32ClFN6O3/c1-19(2)39-17-22(8-12-27(39)40)21-7-11-25(32)23(15-21)16-26(36-30(42)31(33)13-4-14-31)29(41)35-24-9-5-20(6-10-24)28-37-34-18-38(28)3/h5-12,15,17-19,26H,4,13-14,16H2,1-3H3,(H,35,41)(H,36,42)/t26-/m0/s1. The largest absolute Gasteiger partial charge is 0.341 e. The lowest BCUT2D eigenvalue weighted by Gasteiger charge is -2.33. The van der Waals surface area contributed by atoms with Crippen molar-refractivity contribution in [3.63, 3.8) is 0 Å². The third-order valence-electron chi connectivity index (χ3n) is 7.59. The molecule has 5 rings (SSSR count). The molecular weight excluding hydrogens is 559 g/mol. The molecule has 11 heteroatoms. The molecule has 4 aromatic rings. The molecule has 1 aliphatic rings. The fourth-order valence-corrected chi connectivity index (χ4v) is 5.09. The fraction of sp³-hybridized carbons (Fsp3) is 0.323. The average molecular weight is 591 g/mol. The van der Waals surface area contributed by atoms with Gasteiger partial charge >= 0.3 is 0 Å². The van der Waals surface area contributed by atoms with Crippen LogP contribution < -0.4 is 16.2 Å². The van der Waals surface area contributed by atoms with Gasteiger partial charge < -0.3 is 19.8 Å². The van der Waals surface area contributed by atoms with E-state index in [0.717, 1.165) is 16.7 Å². The number of benzene rings is 2. The molecule has 0 spiro atoms. The summed E-state index contributed by atoms with van der Waals surface area (Å²) in [4.78, 5) is 38.7. The molecule has 1 aliphatic carbocycles. The van der Waals surface area contributed by atoms with Crippen LogP contribution in [0.3, 0.4) is 0 Å². The molecule has 2 heterocycles. The van der Waals surface area contributed by atoms with Crippen molar-refractivity contribution in [2.75, 3.05) is 5.32 Å². The van der Waals surface area contributed by atoms with Crippen LogP contribution in [0.25, 0.3) is 22.5 Å². The summed E-state index contributed by atoms with van der Waals surface area (Å²) in [6.45, 7) is 3.85. The van der Waals surface area contributed by atoms with E-state index >= 15 is 0 Å². The van der Waals surface area contributed by atoms with Crippen LogP contribution in [0.1, 0.15) is 44.7 Å². The van der Waals surface area contributed by atoms with Gasteiger partial charge in [-0.15, -0.1) is 10.2 Å². The Bertz CT molecular complexity index is 1680. The Morgan fingerprint density at radius 3 is 2.36 bits per heavy atom. The van der Waals surface area contributed by atoms with Gasteiger partial charge in [-0.25, -0.2) is 4.39 Å². The number of hydrogen-bond acceptors (Lipinski definition) is 5. The van der Waals surface area contributed by atoms with Crippen LogP contribution in [0.15, 0.2) is 71.9 Å². The van der Waals surface area contributed by atoms with Gasteiger partial charge in [-0.2, -0.15) is 0 Å². The molecule has 2 aromatic carbocycles.